The maximum absolute atomic E-state index is 13.1. The van der Waals surface area contributed by atoms with Crippen LogP contribution in [0.4, 0.5) is 5.69 Å². The number of benzene rings is 3. The van der Waals surface area contributed by atoms with Crippen LogP contribution in [0.5, 0.6) is 11.5 Å². The molecule has 4 rings (SSSR count). The van der Waals surface area contributed by atoms with Crippen LogP contribution in [0.15, 0.2) is 66.7 Å². The van der Waals surface area contributed by atoms with Crippen LogP contribution in [0.25, 0.3) is 11.6 Å². The Bertz CT molecular complexity index is 1220. The summed E-state index contributed by atoms with van der Waals surface area (Å²) < 4.78 is 11.5. The summed E-state index contributed by atoms with van der Waals surface area (Å²) in [4.78, 5) is 14.9. The molecule has 0 saturated heterocycles. The summed E-state index contributed by atoms with van der Waals surface area (Å²) in [6, 6.07) is 23.0. The molecule has 0 spiro atoms. The first-order chi connectivity index (χ1) is 15.7. The van der Waals surface area contributed by atoms with Gasteiger partial charge < -0.3 is 14.4 Å². The molecular formula is C27H24N2O3. The van der Waals surface area contributed by atoms with Crippen LogP contribution in [-0.4, -0.2) is 19.6 Å². The van der Waals surface area contributed by atoms with E-state index >= 15 is 0 Å². The molecule has 0 fully saturated rings. The van der Waals surface area contributed by atoms with Gasteiger partial charge in [0, 0.05) is 23.2 Å². The van der Waals surface area contributed by atoms with Gasteiger partial charge >= 0.3 is 0 Å². The summed E-state index contributed by atoms with van der Waals surface area (Å²) in [7, 11) is 1.58. The number of anilines is 1. The molecule has 0 N–H and O–H groups in total. The Morgan fingerprint density at radius 2 is 1.81 bits per heavy atom. The first kappa shape index (κ1) is 21.2. The molecule has 5 heteroatoms. The number of nitrogens with zero attached hydrogens (tertiary/aromatic N) is 2. The number of methoxy groups -OCH3 is 1. The highest BCUT2D eigenvalue weighted by Crippen LogP contribution is 2.38. The number of hydrogen-bond donors (Lipinski definition) is 0. The third-order valence-corrected chi connectivity index (χ3v) is 5.43. The van der Waals surface area contributed by atoms with Gasteiger partial charge in [-0.25, -0.2) is 0 Å². The van der Waals surface area contributed by atoms with Crippen molar-refractivity contribution < 1.29 is 14.3 Å². The topological polar surface area (TPSA) is 62.6 Å². The average Bonchev–Trinajstić information content (AvgIpc) is 3.09. The van der Waals surface area contributed by atoms with Gasteiger partial charge in [-0.3, -0.25) is 4.79 Å². The molecule has 32 heavy (non-hydrogen) atoms. The molecule has 160 valence electrons. The lowest BCUT2D eigenvalue weighted by atomic mass is 10.0. The van der Waals surface area contributed by atoms with Crippen LogP contribution in [0.2, 0.25) is 0 Å². The van der Waals surface area contributed by atoms with E-state index in [1.807, 2.05) is 71.6 Å². The van der Waals surface area contributed by atoms with Crippen LogP contribution < -0.4 is 14.4 Å². The molecule has 0 radical (unpaired) electrons. The second kappa shape index (κ2) is 9.40. The summed E-state index contributed by atoms with van der Waals surface area (Å²) in [6.45, 7) is 3.02. The molecule has 0 saturated carbocycles. The molecule has 0 unspecified atom stereocenters. The van der Waals surface area contributed by atoms with Crippen molar-refractivity contribution in [3.05, 3.63) is 89.0 Å². The molecule has 3 aromatic carbocycles. The molecule has 0 atom stereocenters. The van der Waals surface area contributed by atoms with Crippen molar-refractivity contribution in [2.75, 3.05) is 18.6 Å². The van der Waals surface area contributed by atoms with Gasteiger partial charge in [0.25, 0.3) is 5.91 Å². The third kappa shape index (κ3) is 4.08. The van der Waals surface area contributed by atoms with E-state index in [1.54, 1.807) is 13.2 Å². The molecule has 1 heterocycles. The number of fused-ring (bicyclic) bond motifs is 1. The monoisotopic (exact) mass is 424 g/mol. The lowest BCUT2D eigenvalue weighted by Crippen LogP contribution is -2.26. The Kier molecular flexibility index (Phi) is 6.23. The Labute approximate surface area is 188 Å². The first-order valence-corrected chi connectivity index (χ1v) is 10.6. The first-order valence-electron chi connectivity index (χ1n) is 10.6. The smallest absolute Gasteiger partial charge is 0.258 e. The van der Waals surface area contributed by atoms with Crippen molar-refractivity contribution in [3.63, 3.8) is 0 Å². The van der Waals surface area contributed by atoms with E-state index in [0.29, 0.717) is 29.2 Å². The number of ether oxygens (including phenoxy) is 2. The lowest BCUT2D eigenvalue weighted by molar-refractivity contribution is -0.113. The minimum absolute atomic E-state index is 0.0143. The second-order valence-corrected chi connectivity index (χ2v) is 7.50. The molecule has 0 aliphatic carbocycles. The van der Waals surface area contributed by atoms with Gasteiger partial charge in [0.2, 0.25) is 0 Å². The zero-order valence-corrected chi connectivity index (χ0v) is 18.2. The van der Waals surface area contributed by atoms with Gasteiger partial charge in [0.15, 0.2) is 11.5 Å². The van der Waals surface area contributed by atoms with Crippen molar-refractivity contribution in [3.8, 4) is 17.6 Å². The Hall–Kier alpha value is -4.04. The van der Waals surface area contributed by atoms with E-state index in [1.165, 1.54) is 0 Å². The fourth-order valence-electron chi connectivity index (χ4n) is 3.86. The van der Waals surface area contributed by atoms with Crippen molar-refractivity contribution in [1.82, 2.24) is 0 Å². The molecular weight excluding hydrogens is 400 g/mol. The molecule has 3 aromatic rings. The maximum atomic E-state index is 13.1. The zero-order chi connectivity index (χ0) is 22.5. The van der Waals surface area contributed by atoms with E-state index in [4.69, 9.17) is 9.47 Å². The Morgan fingerprint density at radius 3 is 2.59 bits per heavy atom. The standard InChI is InChI=1S/C27H24N2O3/c1-3-14-29-24-11-7-6-10-22(24)23(27(29)30)15-19-12-13-25(26(16-19)31-2)32-18-21-9-5-4-8-20(21)17-28/h4-13,15-16H,3,14,18H2,1-2H3/b23-15-. The van der Waals surface area contributed by atoms with Crippen molar-refractivity contribution in [2.24, 2.45) is 0 Å². The predicted molar refractivity (Wildman–Crippen MR) is 125 cm³/mol. The molecule has 1 amide bonds. The van der Waals surface area contributed by atoms with Crippen molar-refractivity contribution >= 4 is 23.2 Å². The van der Waals surface area contributed by atoms with E-state index in [2.05, 4.69) is 13.0 Å². The van der Waals surface area contributed by atoms with Gasteiger partial charge in [0.1, 0.15) is 6.61 Å². The van der Waals surface area contributed by atoms with Gasteiger partial charge in [-0.05, 0) is 42.3 Å². The van der Waals surface area contributed by atoms with E-state index < -0.39 is 0 Å². The maximum Gasteiger partial charge on any atom is 0.258 e. The number of carbonyl (C=O) groups excluding carboxylic acids is 1. The third-order valence-electron chi connectivity index (χ3n) is 5.43. The normalized spacial score (nSPS) is 13.7. The SMILES string of the molecule is CCCN1C(=O)/C(=C\c2ccc(OCc3ccccc3C#N)c(OC)c2)c2ccccc21. The van der Waals surface area contributed by atoms with Crippen molar-refractivity contribution in [1.29, 1.82) is 5.26 Å². The Morgan fingerprint density at radius 1 is 1.03 bits per heavy atom. The summed E-state index contributed by atoms with van der Waals surface area (Å²) in [6.07, 6.45) is 2.79. The highest BCUT2D eigenvalue weighted by Gasteiger charge is 2.31. The van der Waals surface area contributed by atoms with Crippen LogP contribution in [0.3, 0.4) is 0 Å². The number of para-hydroxylation sites is 1. The quantitative estimate of drug-likeness (QED) is 0.474. The number of hydrogen-bond acceptors (Lipinski definition) is 4. The lowest BCUT2D eigenvalue weighted by Gasteiger charge is -2.15. The molecule has 1 aliphatic heterocycles. The summed E-state index contributed by atoms with van der Waals surface area (Å²) in [5, 5.41) is 9.26. The van der Waals surface area contributed by atoms with Crippen LogP contribution in [0, 0.1) is 11.3 Å². The summed E-state index contributed by atoms with van der Waals surface area (Å²) in [5.74, 6) is 1.16. The molecule has 5 nitrogen and oxygen atoms in total. The minimum Gasteiger partial charge on any atom is -0.493 e. The van der Waals surface area contributed by atoms with Gasteiger partial charge in [0.05, 0.1) is 24.4 Å². The fourth-order valence-corrected chi connectivity index (χ4v) is 3.86. The highest BCUT2D eigenvalue weighted by atomic mass is 16.5. The zero-order valence-electron chi connectivity index (χ0n) is 18.2. The highest BCUT2D eigenvalue weighted by molar-refractivity contribution is 6.35. The number of carbonyl (C=O) groups is 1. The molecule has 0 aromatic heterocycles. The average molecular weight is 425 g/mol. The van der Waals surface area contributed by atoms with Crippen molar-refractivity contribution in [2.45, 2.75) is 20.0 Å². The predicted octanol–water partition coefficient (Wildman–Crippen LogP) is 5.44. The summed E-state index contributed by atoms with van der Waals surface area (Å²) in [5.41, 5.74) is 4.82. The van der Waals surface area contributed by atoms with Gasteiger partial charge in [-0.1, -0.05) is 49.4 Å². The number of rotatable bonds is 7. The number of amides is 1. The fraction of sp³-hybridized carbons (Fsp3) is 0.185. The summed E-state index contributed by atoms with van der Waals surface area (Å²) >= 11 is 0. The van der Waals surface area contributed by atoms with Gasteiger partial charge in [-0.15, -0.1) is 0 Å². The van der Waals surface area contributed by atoms with Crippen LogP contribution in [0.1, 0.15) is 35.6 Å². The van der Waals surface area contributed by atoms with E-state index in [0.717, 1.165) is 28.8 Å². The molecule has 0 bridgehead atoms. The Balaban J connectivity index is 1.61. The van der Waals surface area contributed by atoms with E-state index in [9.17, 15) is 10.1 Å². The molecule has 1 aliphatic rings. The minimum atomic E-state index is 0.0143. The van der Waals surface area contributed by atoms with Crippen LogP contribution in [-0.2, 0) is 11.4 Å². The largest absolute Gasteiger partial charge is 0.493 e. The number of nitriles is 1. The second-order valence-electron chi connectivity index (χ2n) is 7.50. The van der Waals surface area contributed by atoms with E-state index in [-0.39, 0.29) is 12.5 Å². The van der Waals surface area contributed by atoms with Crippen LogP contribution >= 0.6 is 0 Å². The van der Waals surface area contributed by atoms with Gasteiger partial charge in [-0.2, -0.15) is 5.26 Å².